The molecule has 0 bridgehead atoms. The van der Waals surface area contributed by atoms with Gasteiger partial charge in [0.15, 0.2) is 0 Å². The highest BCUT2D eigenvalue weighted by Gasteiger charge is 2.24. The average molecular weight is 651 g/mol. The summed E-state index contributed by atoms with van der Waals surface area (Å²) in [6.45, 7) is 0. The van der Waals surface area contributed by atoms with E-state index in [1.54, 1.807) is 0 Å². The maximum atomic E-state index is 6.51. The number of benzene rings is 9. The van der Waals surface area contributed by atoms with Crippen LogP contribution in [0.2, 0.25) is 0 Å². The molecular weight excluding hydrogens is 621 g/mol. The number of nitrogens with zero attached hydrogens (tertiary/aromatic N) is 2. The van der Waals surface area contributed by atoms with Crippen molar-refractivity contribution in [1.82, 2.24) is 4.57 Å². The summed E-state index contributed by atoms with van der Waals surface area (Å²) >= 11 is 0. The van der Waals surface area contributed by atoms with Gasteiger partial charge in [-0.1, -0.05) is 121 Å². The lowest BCUT2D eigenvalue weighted by atomic mass is 9.95. The summed E-state index contributed by atoms with van der Waals surface area (Å²) in [7, 11) is 0. The fraction of sp³-hybridized carbons (Fsp3) is 0. The van der Waals surface area contributed by atoms with Gasteiger partial charge in [0, 0.05) is 44.4 Å². The second-order valence-corrected chi connectivity index (χ2v) is 13.3. The third-order valence-corrected chi connectivity index (χ3v) is 10.5. The van der Waals surface area contributed by atoms with Gasteiger partial charge >= 0.3 is 0 Å². The van der Waals surface area contributed by atoms with Crippen LogP contribution in [-0.4, -0.2) is 4.57 Å². The van der Waals surface area contributed by atoms with E-state index in [0.717, 1.165) is 50.2 Å². The summed E-state index contributed by atoms with van der Waals surface area (Å²) < 4.78 is 8.90. The Morgan fingerprint density at radius 3 is 1.90 bits per heavy atom. The summed E-state index contributed by atoms with van der Waals surface area (Å²) in [4.78, 5) is 2.45. The first kappa shape index (κ1) is 28.0. The van der Waals surface area contributed by atoms with Crippen molar-refractivity contribution >= 4 is 93.1 Å². The Bertz CT molecular complexity index is 3150. The highest BCUT2D eigenvalue weighted by atomic mass is 16.3. The van der Waals surface area contributed by atoms with E-state index < -0.39 is 0 Å². The monoisotopic (exact) mass is 650 g/mol. The molecule has 0 N–H and O–H groups in total. The quantitative estimate of drug-likeness (QED) is 0.177. The molecule has 0 amide bonds. The molecule has 51 heavy (non-hydrogen) atoms. The highest BCUT2D eigenvalue weighted by molar-refractivity contribution is 6.23. The van der Waals surface area contributed by atoms with Crippen molar-refractivity contribution in [2.24, 2.45) is 0 Å². The van der Waals surface area contributed by atoms with Crippen LogP contribution in [0.15, 0.2) is 186 Å². The molecule has 2 aromatic heterocycles. The minimum absolute atomic E-state index is 0.869. The maximum Gasteiger partial charge on any atom is 0.137 e. The minimum atomic E-state index is 0.869. The van der Waals surface area contributed by atoms with E-state index in [1.165, 1.54) is 48.6 Å². The number of aromatic nitrogens is 1. The Labute approximate surface area is 293 Å². The number of para-hydroxylation sites is 3. The van der Waals surface area contributed by atoms with Crippen LogP contribution in [0.5, 0.6) is 0 Å². The topological polar surface area (TPSA) is 21.3 Å². The number of fused-ring (bicyclic) bond motifs is 11. The Kier molecular flexibility index (Phi) is 5.96. The molecular formula is C48H30N2O. The molecule has 0 fully saturated rings. The SMILES string of the molecule is c1ccc(-n2c3ccccc3c3c(N(c4ccc5c(c4)oc4ccccc45)c4cccc5ccc6c7ccccc7ccc6c45)cccc32)cc1. The number of hydrogen-bond donors (Lipinski definition) is 0. The van der Waals surface area contributed by atoms with E-state index in [9.17, 15) is 0 Å². The van der Waals surface area contributed by atoms with Gasteiger partial charge in [0.25, 0.3) is 0 Å². The molecule has 0 atom stereocenters. The van der Waals surface area contributed by atoms with Gasteiger partial charge in [-0.2, -0.15) is 0 Å². The standard InChI is InChI=1S/C48H30N2O/c1-2-14-33(15-3-1)49-41-19-8-6-18-40(41)48-43(49)21-11-22-44(48)50(34-26-29-38-37-17-7-9-23-45(37)51-46(38)30-34)42-20-10-13-32-25-27-36-35-16-5-4-12-31(35)24-28-39(36)47(32)42/h1-30H. The van der Waals surface area contributed by atoms with Gasteiger partial charge in [-0.05, 0) is 81.5 Å². The first-order chi connectivity index (χ1) is 25.3. The number of anilines is 3. The molecule has 3 nitrogen and oxygen atoms in total. The molecule has 11 rings (SSSR count). The van der Waals surface area contributed by atoms with Gasteiger partial charge < -0.3 is 13.9 Å². The van der Waals surface area contributed by atoms with Crippen LogP contribution in [0.1, 0.15) is 0 Å². The molecule has 3 heteroatoms. The predicted molar refractivity (Wildman–Crippen MR) is 215 cm³/mol. The summed E-state index contributed by atoms with van der Waals surface area (Å²) in [6.07, 6.45) is 0. The van der Waals surface area contributed by atoms with Crippen molar-refractivity contribution in [2.75, 3.05) is 4.90 Å². The third kappa shape index (κ3) is 4.12. The second-order valence-electron chi connectivity index (χ2n) is 13.3. The second kappa shape index (κ2) is 10.8. The molecule has 0 unspecified atom stereocenters. The minimum Gasteiger partial charge on any atom is -0.456 e. The molecule has 0 saturated heterocycles. The van der Waals surface area contributed by atoms with E-state index in [4.69, 9.17) is 4.42 Å². The zero-order valence-electron chi connectivity index (χ0n) is 27.6. The first-order valence-electron chi connectivity index (χ1n) is 17.4. The lowest BCUT2D eigenvalue weighted by Crippen LogP contribution is -2.11. The maximum absolute atomic E-state index is 6.51. The van der Waals surface area contributed by atoms with Crippen molar-refractivity contribution < 1.29 is 4.42 Å². The molecule has 238 valence electrons. The van der Waals surface area contributed by atoms with Crippen LogP contribution in [0.4, 0.5) is 17.1 Å². The molecule has 0 radical (unpaired) electrons. The van der Waals surface area contributed by atoms with E-state index in [0.29, 0.717) is 0 Å². The lowest BCUT2D eigenvalue weighted by Gasteiger charge is -2.28. The first-order valence-corrected chi connectivity index (χ1v) is 17.4. The van der Waals surface area contributed by atoms with Crippen LogP contribution in [0.3, 0.4) is 0 Å². The van der Waals surface area contributed by atoms with Gasteiger partial charge in [0.1, 0.15) is 11.2 Å². The molecule has 0 aliphatic rings. The zero-order valence-corrected chi connectivity index (χ0v) is 27.6. The lowest BCUT2D eigenvalue weighted by molar-refractivity contribution is 0.669. The average Bonchev–Trinajstić information content (AvgIpc) is 3.74. The summed E-state index contributed by atoms with van der Waals surface area (Å²) in [5.74, 6) is 0. The van der Waals surface area contributed by atoms with Crippen LogP contribution in [0.25, 0.3) is 81.7 Å². The van der Waals surface area contributed by atoms with Crippen molar-refractivity contribution in [3.05, 3.63) is 182 Å². The predicted octanol–water partition coefficient (Wildman–Crippen LogP) is 13.6. The van der Waals surface area contributed by atoms with E-state index in [1.807, 2.05) is 12.1 Å². The van der Waals surface area contributed by atoms with E-state index in [2.05, 4.69) is 179 Å². The molecule has 2 heterocycles. The van der Waals surface area contributed by atoms with Crippen LogP contribution >= 0.6 is 0 Å². The molecule has 0 aliphatic carbocycles. The number of hydrogen-bond acceptors (Lipinski definition) is 2. The largest absolute Gasteiger partial charge is 0.456 e. The van der Waals surface area contributed by atoms with Gasteiger partial charge in [-0.15, -0.1) is 0 Å². The fourth-order valence-corrected chi connectivity index (χ4v) is 8.35. The van der Waals surface area contributed by atoms with Crippen LogP contribution < -0.4 is 4.90 Å². The van der Waals surface area contributed by atoms with Gasteiger partial charge in [0.05, 0.1) is 22.4 Å². The van der Waals surface area contributed by atoms with Gasteiger partial charge in [-0.3, -0.25) is 0 Å². The summed E-state index contributed by atoms with van der Waals surface area (Å²) in [5.41, 5.74) is 8.50. The Morgan fingerprint density at radius 1 is 0.373 bits per heavy atom. The van der Waals surface area contributed by atoms with Gasteiger partial charge in [-0.25, -0.2) is 0 Å². The highest BCUT2D eigenvalue weighted by Crippen LogP contribution is 2.48. The van der Waals surface area contributed by atoms with Crippen LogP contribution in [-0.2, 0) is 0 Å². The zero-order chi connectivity index (χ0) is 33.5. The van der Waals surface area contributed by atoms with Crippen LogP contribution in [0, 0.1) is 0 Å². The van der Waals surface area contributed by atoms with Crippen molar-refractivity contribution in [2.45, 2.75) is 0 Å². The van der Waals surface area contributed by atoms with Crippen molar-refractivity contribution in [3.8, 4) is 5.69 Å². The normalized spacial score (nSPS) is 11.9. The molecule has 0 spiro atoms. The Morgan fingerprint density at radius 2 is 1.00 bits per heavy atom. The smallest absolute Gasteiger partial charge is 0.137 e. The van der Waals surface area contributed by atoms with E-state index >= 15 is 0 Å². The molecule has 0 saturated carbocycles. The van der Waals surface area contributed by atoms with Gasteiger partial charge in [0.2, 0.25) is 0 Å². The molecule has 0 aliphatic heterocycles. The van der Waals surface area contributed by atoms with E-state index in [-0.39, 0.29) is 0 Å². The molecule has 11 aromatic rings. The number of furan rings is 1. The summed E-state index contributed by atoms with van der Waals surface area (Å²) in [5, 5.41) is 12.0. The van der Waals surface area contributed by atoms with Crippen molar-refractivity contribution in [1.29, 1.82) is 0 Å². The summed E-state index contributed by atoms with van der Waals surface area (Å²) in [6, 6.07) is 65.6. The van der Waals surface area contributed by atoms with Crippen molar-refractivity contribution in [3.63, 3.8) is 0 Å². The Balaban J connectivity index is 1.28. The number of rotatable bonds is 4. The third-order valence-electron chi connectivity index (χ3n) is 10.5. The Hall–Kier alpha value is -6.84. The molecule has 9 aromatic carbocycles. The fourth-order valence-electron chi connectivity index (χ4n) is 8.35.